The Morgan fingerprint density at radius 1 is 0.957 bits per heavy atom. The molecule has 0 bridgehead atoms. The highest BCUT2D eigenvalue weighted by atomic mass is 16.5. The third-order valence-corrected chi connectivity index (χ3v) is 3.32. The number of likely N-dealkylation sites (N-methyl/N-ethyl adjacent to an activating group) is 1. The van der Waals surface area contributed by atoms with Gasteiger partial charge in [-0.3, -0.25) is 4.79 Å². The summed E-state index contributed by atoms with van der Waals surface area (Å²) in [7, 11) is 4.80. The van der Waals surface area contributed by atoms with Gasteiger partial charge in [0.15, 0.2) is 0 Å². The van der Waals surface area contributed by atoms with Gasteiger partial charge in [0, 0.05) is 19.7 Å². The highest BCUT2D eigenvalue weighted by Gasteiger charge is 2.26. The molecule has 5 heteroatoms. The largest absolute Gasteiger partial charge is 0.497 e. The van der Waals surface area contributed by atoms with Crippen molar-refractivity contribution >= 4 is 11.9 Å². The zero-order valence-corrected chi connectivity index (χ0v) is 13.4. The van der Waals surface area contributed by atoms with E-state index in [2.05, 4.69) is 0 Å². The fraction of sp³-hybridized carbons (Fsp3) is 0.222. The number of nitrogens with zero attached hydrogens (tertiary/aromatic N) is 1. The van der Waals surface area contributed by atoms with Crippen molar-refractivity contribution in [3.05, 3.63) is 65.7 Å². The van der Waals surface area contributed by atoms with Crippen molar-refractivity contribution in [3.8, 4) is 5.75 Å². The molecular formula is C18H19NO4. The maximum absolute atomic E-state index is 12.3. The lowest BCUT2D eigenvalue weighted by Crippen LogP contribution is -2.31. The highest BCUT2D eigenvalue weighted by molar-refractivity contribution is 5.92. The molecule has 0 spiro atoms. The van der Waals surface area contributed by atoms with Crippen LogP contribution in [0.2, 0.25) is 0 Å². The molecule has 1 amide bonds. The average molecular weight is 313 g/mol. The number of hydrogen-bond acceptors (Lipinski definition) is 4. The smallest absolute Gasteiger partial charge is 0.339 e. The first kappa shape index (κ1) is 16.5. The second-order valence-electron chi connectivity index (χ2n) is 5.16. The monoisotopic (exact) mass is 313 g/mol. The molecule has 0 saturated heterocycles. The first-order valence-electron chi connectivity index (χ1n) is 7.14. The number of hydrogen-bond donors (Lipinski definition) is 0. The number of esters is 1. The summed E-state index contributed by atoms with van der Waals surface area (Å²) < 4.78 is 10.5. The summed E-state index contributed by atoms with van der Waals surface area (Å²) in [6, 6.07) is 15.5. The molecular weight excluding hydrogens is 294 g/mol. The highest BCUT2D eigenvalue weighted by Crippen LogP contribution is 2.22. The normalized spacial score (nSPS) is 11.4. The first-order chi connectivity index (χ1) is 11.0. The van der Waals surface area contributed by atoms with E-state index < -0.39 is 12.1 Å². The van der Waals surface area contributed by atoms with Gasteiger partial charge in [0.25, 0.3) is 5.91 Å². The van der Waals surface area contributed by atoms with Crippen molar-refractivity contribution in [2.45, 2.75) is 6.10 Å². The summed E-state index contributed by atoms with van der Waals surface area (Å²) in [4.78, 5) is 26.1. The molecule has 0 aromatic heterocycles. The van der Waals surface area contributed by atoms with Gasteiger partial charge in [0.05, 0.1) is 12.7 Å². The van der Waals surface area contributed by atoms with Crippen molar-refractivity contribution in [1.29, 1.82) is 0 Å². The zero-order chi connectivity index (χ0) is 16.8. The number of carbonyl (C=O) groups is 2. The molecule has 0 aliphatic heterocycles. The van der Waals surface area contributed by atoms with Crippen molar-refractivity contribution in [2.75, 3.05) is 21.2 Å². The van der Waals surface area contributed by atoms with Gasteiger partial charge in [-0.15, -0.1) is 0 Å². The molecule has 0 N–H and O–H groups in total. The molecule has 1 atom stereocenters. The molecule has 23 heavy (non-hydrogen) atoms. The molecule has 0 heterocycles. The van der Waals surface area contributed by atoms with Crippen LogP contribution in [0.3, 0.4) is 0 Å². The van der Waals surface area contributed by atoms with E-state index in [1.165, 1.54) is 4.90 Å². The van der Waals surface area contributed by atoms with Crippen LogP contribution in [0.1, 0.15) is 22.0 Å². The molecule has 0 aliphatic carbocycles. The van der Waals surface area contributed by atoms with E-state index in [-0.39, 0.29) is 5.91 Å². The van der Waals surface area contributed by atoms with Crippen LogP contribution in [-0.4, -0.2) is 38.0 Å². The second kappa shape index (κ2) is 7.45. The Bertz CT molecular complexity index is 665. The lowest BCUT2D eigenvalue weighted by Gasteiger charge is -2.21. The fourth-order valence-electron chi connectivity index (χ4n) is 2.03. The van der Waals surface area contributed by atoms with E-state index in [4.69, 9.17) is 9.47 Å². The topological polar surface area (TPSA) is 55.8 Å². The van der Waals surface area contributed by atoms with Gasteiger partial charge in [-0.05, 0) is 24.3 Å². The molecule has 0 unspecified atom stereocenters. The summed E-state index contributed by atoms with van der Waals surface area (Å²) in [5.74, 6) is -0.208. The molecule has 0 aliphatic rings. The predicted molar refractivity (Wildman–Crippen MR) is 86.3 cm³/mol. The maximum Gasteiger partial charge on any atom is 0.339 e. The molecule has 2 aromatic carbocycles. The van der Waals surface area contributed by atoms with Gasteiger partial charge in [0.2, 0.25) is 6.10 Å². The molecule has 0 fully saturated rings. The summed E-state index contributed by atoms with van der Waals surface area (Å²) in [6.45, 7) is 0. The van der Waals surface area contributed by atoms with Crippen LogP contribution in [-0.2, 0) is 9.53 Å². The first-order valence-corrected chi connectivity index (χ1v) is 7.14. The van der Waals surface area contributed by atoms with Gasteiger partial charge in [-0.25, -0.2) is 4.79 Å². The fourth-order valence-corrected chi connectivity index (χ4v) is 2.03. The summed E-state index contributed by atoms with van der Waals surface area (Å²) in [5, 5.41) is 0. The summed E-state index contributed by atoms with van der Waals surface area (Å²) >= 11 is 0. The van der Waals surface area contributed by atoms with Crippen molar-refractivity contribution < 1.29 is 19.1 Å². The number of carbonyl (C=O) groups excluding carboxylic acids is 2. The van der Waals surface area contributed by atoms with Gasteiger partial charge in [-0.2, -0.15) is 0 Å². The SMILES string of the molecule is COc1ccc(C(=O)O[C@H](C(=O)N(C)C)c2ccccc2)cc1. The number of amides is 1. The van der Waals surface area contributed by atoms with Crippen molar-refractivity contribution in [3.63, 3.8) is 0 Å². The van der Waals surface area contributed by atoms with Crippen LogP contribution in [0.15, 0.2) is 54.6 Å². The Hall–Kier alpha value is -2.82. The van der Waals surface area contributed by atoms with E-state index in [0.717, 1.165) is 0 Å². The van der Waals surface area contributed by atoms with Gasteiger partial charge in [0.1, 0.15) is 5.75 Å². The summed E-state index contributed by atoms with van der Waals surface area (Å²) in [6.07, 6.45) is -0.971. The second-order valence-corrected chi connectivity index (χ2v) is 5.16. The van der Waals surface area contributed by atoms with Crippen LogP contribution >= 0.6 is 0 Å². The Labute approximate surface area is 135 Å². The number of rotatable bonds is 5. The van der Waals surface area contributed by atoms with E-state index in [9.17, 15) is 9.59 Å². The van der Waals surface area contributed by atoms with Crippen LogP contribution < -0.4 is 4.74 Å². The van der Waals surface area contributed by atoms with Gasteiger partial charge >= 0.3 is 5.97 Å². The lowest BCUT2D eigenvalue weighted by molar-refractivity contribution is -0.138. The summed E-state index contributed by atoms with van der Waals surface area (Å²) in [5.41, 5.74) is 0.992. The number of benzene rings is 2. The number of methoxy groups -OCH3 is 1. The van der Waals surface area contributed by atoms with E-state index in [0.29, 0.717) is 16.9 Å². The Morgan fingerprint density at radius 3 is 2.09 bits per heavy atom. The molecule has 120 valence electrons. The molecule has 2 rings (SSSR count). The van der Waals surface area contributed by atoms with Crippen LogP contribution in [0.4, 0.5) is 0 Å². The minimum Gasteiger partial charge on any atom is -0.497 e. The maximum atomic E-state index is 12.3. The van der Waals surface area contributed by atoms with Crippen LogP contribution in [0.5, 0.6) is 5.75 Å². The third-order valence-electron chi connectivity index (χ3n) is 3.32. The van der Waals surface area contributed by atoms with E-state index in [1.54, 1.807) is 69.7 Å². The molecule has 2 aromatic rings. The van der Waals surface area contributed by atoms with Crippen LogP contribution in [0.25, 0.3) is 0 Å². The molecule has 5 nitrogen and oxygen atoms in total. The Morgan fingerprint density at radius 2 is 1.57 bits per heavy atom. The third kappa shape index (κ3) is 4.10. The standard InChI is InChI=1S/C18H19NO4/c1-19(2)17(20)16(13-7-5-4-6-8-13)23-18(21)14-9-11-15(22-3)12-10-14/h4-12,16H,1-3H3/t16-/m0/s1. The van der Waals surface area contributed by atoms with E-state index in [1.807, 2.05) is 6.07 Å². The minimum atomic E-state index is -0.971. The minimum absolute atomic E-state index is 0.293. The van der Waals surface area contributed by atoms with Gasteiger partial charge in [-0.1, -0.05) is 30.3 Å². The predicted octanol–water partition coefficient (Wildman–Crippen LogP) is 2.68. The van der Waals surface area contributed by atoms with Crippen LogP contribution in [0, 0.1) is 0 Å². The Balaban J connectivity index is 2.23. The van der Waals surface area contributed by atoms with Crippen molar-refractivity contribution in [1.82, 2.24) is 4.90 Å². The lowest BCUT2D eigenvalue weighted by atomic mass is 10.1. The van der Waals surface area contributed by atoms with Crippen molar-refractivity contribution in [2.24, 2.45) is 0 Å². The molecule has 0 saturated carbocycles. The Kier molecular flexibility index (Phi) is 5.36. The molecule has 0 radical (unpaired) electrons. The van der Waals surface area contributed by atoms with E-state index >= 15 is 0 Å². The average Bonchev–Trinajstić information content (AvgIpc) is 2.59. The zero-order valence-electron chi connectivity index (χ0n) is 13.4. The number of ether oxygens (including phenoxy) is 2. The quantitative estimate of drug-likeness (QED) is 0.796. The van der Waals surface area contributed by atoms with Gasteiger partial charge < -0.3 is 14.4 Å².